The Morgan fingerprint density at radius 1 is 1.45 bits per heavy atom. The van der Waals surface area contributed by atoms with Crippen LogP contribution in [0.5, 0.6) is 0 Å². The fourth-order valence-electron chi connectivity index (χ4n) is 0.337. The van der Waals surface area contributed by atoms with Gasteiger partial charge in [0, 0.05) is 0 Å². The fraction of sp³-hybridized carbons (Fsp3) is 1.00. The molecule has 0 bridgehead atoms. The Kier molecular flexibility index (Phi) is 4.12. The quantitative estimate of drug-likeness (QED) is 0.400. The summed E-state index contributed by atoms with van der Waals surface area (Å²) in [6.45, 7) is 0. The van der Waals surface area contributed by atoms with Gasteiger partial charge in [0.25, 0.3) is 0 Å². The van der Waals surface area contributed by atoms with Gasteiger partial charge < -0.3 is 0 Å². The minimum atomic E-state index is -4.71. The summed E-state index contributed by atoms with van der Waals surface area (Å²) in [5.41, 5.74) is 0. The molecule has 68 valence electrons. The lowest BCUT2D eigenvalue weighted by Gasteiger charge is -2.11. The lowest BCUT2D eigenvalue weighted by atomic mass is 10.7. The van der Waals surface area contributed by atoms with Crippen molar-refractivity contribution in [3.8, 4) is 0 Å². The normalized spacial score (nSPS) is 15.4. The van der Waals surface area contributed by atoms with Crippen LogP contribution in [-0.2, 0) is 10.7 Å². The number of nitrogens with one attached hydrogen (secondary N) is 1. The van der Waals surface area contributed by atoms with Gasteiger partial charge in [0.05, 0.1) is 5.88 Å². The van der Waals surface area contributed by atoms with Gasteiger partial charge in [-0.2, -0.15) is 13.2 Å². The minimum Gasteiger partial charge on any atom is -0.230 e. The Morgan fingerprint density at radius 2 is 1.91 bits per heavy atom. The van der Waals surface area contributed by atoms with Crippen molar-refractivity contribution in [2.24, 2.45) is 0 Å². The molecule has 0 amide bonds. The molecule has 0 aromatic heterocycles. The van der Waals surface area contributed by atoms with Gasteiger partial charge in [0.2, 0.25) is 0 Å². The van der Waals surface area contributed by atoms with E-state index < -0.39 is 28.3 Å². The molecule has 0 fully saturated rings. The standard InChI is InChI=1S/C3H5ClF3NO2S/c4-1-2(11(9)10)8-3(5,6)7/h2,8,11H,1H2. The molecule has 0 spiro atoms. The Balaban J connectivity index is 4.10. The van der Waals surface area contributed by atoms with Crippen LogP contribution in [0.3, 0.4) is 0 Å². The second-order valence-corrected chi connectivity index (χ2v) is 3.10. The van der Waals surface area contributed by atoms with Crippen molar-refractivity contribution < 1.29 is 21.6 Å². The summed E-state index contributed by atoms with van der Waals surface area (Å²) < 4.78 is 54.2. The van der Waals surface area contributed by atoms with Crippen LogP contribution in [0.25, 0.3) is 0 Å². The third-order valence-corrected chi connectivity index (χ3v) is 2.08. The molecule has 0 aliphatic carbocycles. The van der Waals surface area contributed by atoms with Crippen molar-refractivity contribution in [2.75, 3.05) is 5.88 Å². The average molecular weight is 212 g/mol. The third-order valence-electron chi connectivity index (χ3n) is 0.731. The molecule has 0 radical (unpaired) electrons. The maximum Gasteiger partial charge on any atom is 0.458 e. The SMILES string of the molecule is O=[SH](=O)C(CCl)NC(F)(F)F. The molecule has 1 unspecified atom stereocenters. The van der Waals surface area contributed by atoms with Crippen molar-refractivity contribution in [2.45, 2.75) is 11.7 Å². The van der Waals surface area contributed by atoms with Gasteiger partial charge in [-0.25, -0.2) is 13.7 Å². The van der Waals surface area contributed by atoms with Gasteiger partial charge in [-0.3, -0.25) is 0 Å². The van der Waals surface area contributed by atoms with E-state index in [4.69, 9.17) is 11.6 Å². The summed E-state index contributed by atoms with van der Waals surface area (Å²) in [6.07, 6.45) is -4.71. The van der Waals surface area contributed by atoms with Crippen molar-refractivity contribution >= 4 is 22.3 Å². The van der Waals surface area contributed by atoms with Crippen LogP contribution in [0.4, 0.5) is 13.2 Å². The number of hydrogen-bond acceptors (Lipinski definition) is 3. The predicted octanol–water partition coefficient (Wildman–Crippen LogP) is 0.272. The van der Waals surface area contributed by atoms with Gasteiger partial charge in [-0.15, -0.1) is 11.6 Å². The number of alkyl halides is 4. The maximum atomic E-state index is 11.4. The fourth-order valence-corrected chi connectivity index (χ4v) is 1.12. The van der Waals surface area contributed by atoms with Gasteiger partial charge >= 0.3 is 6.30 Å². The van der Waals surface area contributed by atoms with E-state index in [1.807, 2.05) is 0 Å². The first-order chi connectivity index (χ1) is 4.87. The average Bonchev–Trinajstić information content (AvgIpc) is 1.80. The maximum absolute atomic E-state index is 11.4. The van der Waals surface area contributed by atoms with Gasteiger partial charge in [0.1, 0.15) is 5.37 Å². The largest absolute Gasteiger partial charge is 0.458 e. The summed E-state index contributed by atoms with van der Waals surface area (Å²) in [5, 5.41) is -0.867. The Labute approximate surface area is 67.5 Å². The van der Waals surface area contributed by atoms with Crippen LogP contribution in [0.2, 0.25) is 0 Å². The monoisotopic (exact) mass is 211 g/mol. The third kappa shape index (κ3) is 5.28. The summed E-state index contributed by atoms with van der Waals surface area (Å²) in [6, 6.07) is 0. The first-order valence-electron chi connectivity index (χ1n) is 2.40. The first-order valence-corrected chi connectivity index (χ1v) is 4.19. The zero-order valence-electron chi connectivity index (χ0n) is 5.06. The molecular formula is C3H5ClF3NO2S. The summed E-state index contributed by atoms with van der Waals surface area (Å²) in [4.78, 5) is 0. The van der Waals surface area contributed by atoms with Crippen LogP contribution in [0.1, 0.15) is 0 Å². The van der Waals surface area contributed by atoms with Crippen molar-refractivity contribution in [3.05, 3.63) is 0 Å². The van der Waals surface area contributed by atoms with Crippen LogP contribution in [0.15, 0.2) is 0 Å². The van der Waals surface area contributed by atoms with E-state index in [2.05, 4.69) is 0 Å². The zero-order valence-corrected chi connectivity index (χ0v) is 6.71. The van der Waals surface area contributed by atoms with Gasteiger partial charge in [0.15, 0.2) is 10.7 Å². The Morgan fingerprint density at radius 3 is 2.00 bits per heavy atom. The van der Waals surface area contributed by atoms with E-state index in [0.717, 1.165) is 5.32 Å². The van der Waals surface area contributed by atoms with E-state index in [-0.39, 0.29) is 0 Å². The summed E-state index contributed by atoms with van der Waals surface area (Å²) >= 11 is 4.92. The van der Waals surface area contributed by atoms with E-state index in [9.17, 15) is 21.6 Å². The highest BCUT2D eigenvalue weighted by Gasteiger charge is 2.31. The molecule has 0 saturated carbocycles. The number of halogens is 4. The van der Waals surface area contributed by atoms with Crippen LogP contribution in [-0.4, -0.2) is 26.0 Å². The van der Waals surface area contributed by atoms with E-state index in [1.54, 1.807) is 0 Å². The predicted molar refractivity (Wildman–Crippen MR) is 34.0 cm³/mol. The second-order valence-electron chi connectivity index (χ2n) is 1.60. The number of hydrogen-bond donors (Lipinski definition) is 2. The molecule has 0 aliphatic heterocycles. The molecule has 0 saturated heterocycles. The molecule has 8 heteroatoms. The highest BCUT2D eigenvalue weighted by atomic mass is 35.5. The molecule has 11 heavy (non-hydrogen) atoms. The lowest BCUT2D eigenvalue weighted by molar-refractivity contribution is -0.158. The molecule has 0 aromatic carbocycles. The number of thiol groups is 1. The van der Waals surface area contributed by atoms with Crippen molar-refractivity contribution in [1.82, 2.24) is 5.32 Å². The number of rotatable bonds is 3. The summed E-state index contributed by atoms with van der Waals surface area (Å²) in [5.74, 6) is -0.627. The van der Waals surface area contributed by atoms with Gasteiger partial charge in [-0.1, -0.05) is 0 Å². The molecule has 3 nitrogen and oxygen atoms in total. The zero-order chi connectivity index (χ0) is 9.07. The molecule has 0 aliphatic rings. The van der Waals surface area contributed by atoms with Crippen LogP contribution in [0, 0.1) is 0 Å². The molecule has 1 atom stereocenters. The molecule has 0 rings (SSSR count). The Hall–Kier alpha value is -0.0100. The topological polar surface area (TPSA) is 46.2 Å². The second kappa shape index (κ2) is 4.13. The summed E-state index contributed by atoms with van der Waals surface area (Å²) in [7, 11) is -3.19. The molecular weight excluding hydrogens is 207 g/mol. The van der Waals surface area contributed by atoms with E-state index in [0.29, 0.717) is 0 Å². The molecule has 1 N–H and O–H groups in total. The van der Waals surface area contributed by atoms with Crippen LogP contribution >= 0.6 is 11.6 Å². The van der Waals surface area contributed by atoms with Crippen LogP contribution < -0.4 is 5.32 Å². The van der Waals surface area contributed by atoms with E-state index in [1.165, 1.54) is 0 Å². The smallest absolute Gasteiger partial charge is 0.230 e. The Bertz CT molecular complexity index is 184. The van der Waals surface area contributed by atoms with Gasteiger partial charge in [-0.05, 0) is 0 Å². The lowest BCUT2D eigenvalue weighted by Crippen LogP contribution is -2.42. The highest BCUT2D eigenvalue weighted by Crippen LogP contribution is 2.11. The molecule has 0 aromatic rings. The highest BCUT2D eigenvalue weighted by molar-refractivity contribution is 7.73. The first kappa shape index (κ1) is 11.0. The molecule has 0 heterocycles. The minimum absolute atomic E-state index is 0.627. The van der Waals surface area contributed by atoms with Crippen molar-refractivity contribution in [1.29, 1.82) is 0 Å². The van der Waals surface area contributed by atoms with Crippen molar-refractivity contribution in [3.63, 3.8) is 0 Å². The van der Waals surface area contributed by atoms with E-state index >= 15 is 0 Å².